The molecule has 0 fully saturated rings. The molecule has 13 heavy (non-hydrogen) atoms. The first-order valence-corrected chi connectivity index (χ1v) is 3.54. The van der Waals surface area contributed by atoms with Gasteiger partial charge in [0.05, 0.1) is 11.8 Å². The smallest absolute Gasteiger partial charge is 0.261 e. The molecule has 1 heterocycles. The van der Waals surface area contributed by atoms with Gasteiger partial charge in [-0.05, 0) is 0 Å². The molecule has 1 aromatic heterocycles. The zero-order valence-corrected chi connectivity index (χ0v) is 6.41. The van der Waals surface area contributed by atoms with Crippen molar-refractivity contribution in [3.63, 3.8) is 0 Å². The van der Waals surface area contributed by atoms with Crippen LogP contribution in [0.1, 0.15) is 0 Å². The largest absolute Gasteiger partial charge is 0.508 e. The maximum Gasteiger partial charge on any atom is 0.261 e. The molecular formula is C8H5FN2O2. The molecule has 2 N–H and O–H groups in total. The molecular weight excluding hydrogens is 175 g/mol. The van der Waals surface area contributed by atoms with Gasteiger partial charge in [0.25, 0.3) is 5.56 Å². The molecule has 0 unspecified atom stereocenters. The first-order valence-electron chi connectivity index (χ1n) is 3.54. The van der Waals surface area contributed by atoms with Gasteiger partial charge in [0.2, 0.25) is 0 Å². The van der Waals surface area contributed by atoms with Gasteiger partial charge in [-0.1, -0.05) is 0 Å². The zero-order chi connectivity index (χ0) is 9.42. The Hall–Kier alpha value is -1.91. The topological polar surface area (TPSA) is 66.0 Å². The standard InChI is InChI=1S/C8H5FN2O2/c9-5-1-4(12)2-6-7(5)8(13)11-3-10-6/h1-3,12H,(H,10,11,13). The van der Waals surface area contributed by atoms with Gasteiger partial charge >= 0.3 is 0 Å². The highest BCUT2D eigenvalue weighted by atomic mass is 19.1. The summed E-state index contributed by atoms with van der Waals surface area (Å²) >= 11 is 0. The molecule has 2 aromatic rings. The molecule has 4 nitrogen and oxygen atoms in total. The fourth-order valence-corrected chi connectivity index (χ4v) is 1.14. The predicted octanol–water partition coefficient (Wildman–Crippen LogP) is 0.768. The van der Waals surface area contributed by atoms with Crippen molar-refractivity contribution in [1.82, 2.24) is 9.97 Å². The number of nitrogens with one attached hydrogen (secondary N) is 1. The molecule has 0 saturated heterocycles. The lowest BCUT2D eigenvalue weighted by molar-refractivity contribution is 0.470. The van der Waals surface area contributed by atoms with E-state index in [4.69, 9.17) is 5.11 Å². The summed E-state index contributed by atoms with van der Waals surface area (Å²) in [5, 5.41) is 8.87. The SMILES string of the molecule is O=c1[nH]cnc2cc(O)cc(F)c12. The van der Waals surface area contributed by atoms with Crippen molar-refractivity contribution >= 4 is 10.9 Å². The minimum atomic E-state index is -0.774. The fourth-order valence-electron chi connectivity index (χ4n) is 1.14. The van der Waals surface area contributed by atoms with Gasteiger partial charge in [-0.15, -0.1) is 0 Å². The van der Waals surface area contributed by atoms with Gasteiger partial charge in [0, 0.05) is 12.1 Å². The van der Waals surface area contributed by atoms with E-state index in [2.05, 4.69) is 9.97 Å². The molecule has 1 aromatic carbocycles. The number of aromatic amines is 1. The number of aromatic hydroxyl groups is 1. The average Bonchev–Trinajstić information content (AvgIpc) is 2.02. The van der Waals surface area contributed by atoms with E-state index in [-0.39, 0.29) is 16.7 Å². The molecule has 5 heteroatoms. The van der Waals surface area contributed by atoms with Crippen molar-refractivity contribution in [1.29, 1.82) is 0 Å². The van der Waals surface area contributed by atoms with Gasteiger partial charge in [-0.3, -0.25) is 4.79 Å². The quantitative estimate of drug-likeness (QED) is 0.629. The van der Waals surface area contributed by atoms with Crippen LogP contribution in [0.15, 0.2) is 23.3 Å². The first-order chi connectivity index (χ1) is 6.18. The molecule has 2 rings (SSSR count). The van der Waals surface area contributed by atoms with Gasteiger partial charge in [0.15, 0.2) is 0 Å². The number of rotatable bonds is 0. The number of nitrogens with zero attached hydrogens (tertiary/aromatic N) is 1. The summed E-state index contributed by atoms with van der Waals surface area (Å²) in [5.41, 5.74) is -0.413. The van der Waals surface area contributed by atoms with Crippen molar-refractivity contribution in [3.8, 4) is 5.75 Å². The van der Waals surface area contributed by atoms with Crippen LogP contribution in [0.2, 0.25) is 0 Å². The first kappa shape index (κ1) is 7.72. The second-order valence-corrected chi connectivity index (χ2v) is 2.55. The van der Waals surface area contributed by atoms with E-state index in [1.54, 1.807) is 0 Å². The Morgan fingerprint density at radius 1 is 1.46 bits per heavy atom. The van der Waals surface area contributed by atoms with Crippen molar-refractivity contribution in [2.45, 2.75) is 0 Å². The van der Waals surface area contributed by atoms with E-state index in [0.717, 1.165) is 12.4 Å². The Morgan fingerprint density at radius 2 is 2.23 bits per heavy atom. The highest BCUT2D eigenvalue weighted by molar-refractivity contribution is 5.79. The molecule has 0 aliphatic rings. The number of phenolic OH excluding ortho intramolecular Hbond substituents is 1. The Bertz CT molecular complexity index is 521. The maximum atomic E-state index is 13.1. The van der Waals surface area contributed by atoms with Crippen LogP contribution in [0.4, 0.5) is 4.39 Å². The lowest BCUT2D eigenvalue weighted by Gasteiger charge is -1.97. The third-order valence-electron chi connectivity index (χ3n) is 1.68. The maximum absolute atomic E-state index is 13.1. The van der Waals surface area contributed by atoms with Gasteiger partial charge in [-0.25, -0.2) is 9.37 Å². The van der Waals surface area contributed by atoms with E-state index < -0.39 is 11.4 Å². The summed E-state index contributed by atoms with van der Waals surface area (Å²) in [6.07, 6.45) is 1.16. The predicted molar refractivity (Wildman–Crippen MR) is 44.0 cm³/mol. The van der Waals surface area contributed by atoms with Crippen LogP contribution in [-0.2, 0) is 0 Å². The number of H-pyrrole nitrogens is 1. The summed E-state index contributed by atoms with van der Waals surface area (Å²) in [6, 6.07) is 2.10. The van der Waals surface area contributed by atoms with Gasteiger partial charge < -0.3 is 10.1 Å². The second-order valence-electron chi connectivity index (χ2n) is 2.55. The molecule has 0 bridgehead atoms. The van der Waals surface area contributed by atoms with E-state index >= 15 is 0 Å². The van der Waals surface area contributed by atoms with Crippen LogP contribution in [0.25, 0.3) is 10.9 Å². The lowest BCUT2D eigenvalue weighted by atomic mass is 10.2. The molecule has 0 aliphatic heterocycles. The number of fused-ring (bicyclic) bond motifs is 1. The Labute approximate surface area is 71.7 Å². The summed E-state index contributed by atoms with van der Waals surface area (Å²) in [7, 11) is 0. The Morgan fingerprint density at radius 3 is 3.00 bits per heavy atom. The summed E-state index contributed by atoms with van der Waals surface area (Å²) < 4.78 is 13.1. The van der Waals surface area contributed by atoms with Crippen LogP contribution in [0, 0.1) is 5.82 Å². The monoisotopic (exact) mass is 180 g/mol. The number of aromatic nitrogens is 2. The Balaban J connectivity index is 3.03. The lowest BCUT2D eigenvalue weighted by Crippen LogP contribution is -2.07. The normalized spacial score (nSPS) is 10.5. The van der Waals surface area contributed by atoms with Crippen molar-refractivity contribution in [2.24, 2.45) is 0 Å². The number of hydrogen-bond donors (Lipinski definition) is 2. The summed E-state index contributed by atoms with van der Waals surface area (Å²) in [5.74, 6) is -1.02. The number of benzene rings is 1. The van der Waals surface area contributed by atoms with Crippen molar-refractivity contribution < 1.29 is 9.50 Å². The van der Waals surface area contributed by atoms with Crippen LogP contribution >= 0.6 is 0 Å². The molecule has 0 aliphatic carbocycles. The highest BCUT2D eigenvalue weighted by Gasteiger charge is 2.07. The van der Waals surface area contributed by atoms with Gasteiger partial charge in [0.1, 0.15) is 17.0 Å². The van der Waals surface area contributed by atoms with Gasteiger partial charge in [-0.2, -0.15) is 0 Å². The van der Waals surface area contributed by atoms with Crippen LogP contribution in [-0.4, -0.2) is 15.1 Å². The van der Waals surface area contributed by atoms with E-state index in [1.165, 1.54) is 6.07 Å². The van der Waals surface area contributed by atoms with E-state index in [9.17, 15) is 9.18 Å². The minimum absolute atomic E-state index is 0.139. The van der Waals surface area contributed by atoms with Crippen LogP contribution < -0.4 is 5.56 Å². The molecule has 0 spiro atoms. The third kappa shape index (κ3) is 1.14. The fraction of sp³-hybridized carbons (Fsp3) is 0. The van der Waals surface area contributed by atoms with E-state index in [1.807, 2.05) is 0 Å². The summed E-state index contributed by atoms with van der Waals surface area (Å²) in [4.78, 5) is 17.0. The van der Waals surface area contributed by atoms with Crippen LogP contribution in [0.5, 0.6) is 5.75 Å². The Kier molecular flexibility index (Phi) is 1.51. The molecule has 0 radical (unpaired) electrons. The molecule has 0 amide bonds. The third-order valence-corrected chi connectivity index (χ3v) is 1.68. The van der Waals surface area contributed by atoms with Crippen LogP contribution in [0.3, 0.4) is 0 Å². The molecule has 0 saturated carbocycles. The number of hydrogen-bond acceptors (Lipinski definition) is 3. The molecule has 66 valence electrons. The summed E-state index contributed by atoms with van der Waals surface area (Å²) in [6.45, 7) is 0. The van der Waals surface area contributed by atoms with Crippen molar-refractivity contribution in [3.05, 3.63) is 34.6 Å². The number of phenols is 1. The second kappa shape index (κ2) is 2.55. The number of halogens is 1. The highest BCUT2D eigenvalue weighted by Crippen LogP contribution is 2.18. The minimum Gasteiger partial charge on any atom is -0.508 e. The average molecular weight is 180 g/mol. The zero-order valence-electron chi connectivity index (χ0n) is 6.41. The molecule has 0 atom stereocenters. The van der Waals surface area contributed by atoms with Crippen molar-refractivity contribution in [2.75, 3.05) is 0 Å². The van der Waals surface area contributed by atoms with E-state index in [0.29, 0.717) is 0 Å².